The van der Waals surface area contributed by atoms with E-state index < -0.39 is 5.97 Å². The van der Waals surface area contributed by atoms with Crippen LogP contribution in [-0.4, -0.2) is 29.7 Å². The second-order valence-corrected chi connectivity index (χ2v) is 4.70. The number of carboxylic acids is 1. The molecule has 1 aliphatic heterocycles. The molecule has 1 heterocycles. The number of halogens is 1. The van der Waals surface area contributed by atoms with E-state index in [1.54, 1.807) is 12.1 Å². The first-order chi connectivity index (χ1) is 8.08. The van der Waals surface area contributed by atoms with Crippen LogP contribution in [-0.2, 0) is 4.79 Å². The van der Waals surface area contributed by atoms with Crippen LogP contribution in [0.25, 0.3) is 0 Å². The zero-order chi connectivity index (χ0) is 12.4. The van der Waals surface area contributed by atoms with E-state index in [0.29, 0.717) is 12.2 Å². The van der Waals surface area contributed by atoms with E-state index >= 15 is 0 Å². The molecule has 0 saturated carbocycles. The molecule has 2 N–H and O–H groups in total. The topological polar surface area (TPSA) is 69.6 Å². The van der Waals surface area contributed by atoms with Gasteiger partial charge in [-0.1, -0.05) is 15.9 Å². The Labute approximate surface area is 107 Å². The van der Waals surface area contributed by atoms with Crippen LogP contribution in [0.4, 0.5) is 10.5 Å². The average molecular weight is 299 g/mol. The summed E-state index contributed by atoms with van der Waals surface area (Å²) in [5, 5.41) is 11.4. The number of carboxylic acid groups (broad SMARTS) is 1. The molecule has 17 heavy (non-hydrogen) atoms. The number of carbonyl (C=O) groups is 2. The van der Waals surface area contributed by atoms with Crippen molar-refractivity contribution in [3.8, 4) is 0 Å². The summed E-state index contributed by atoms with van der Waals surface area (Å²) in [4.78, 5) is 23.9. The Morgan fingerprint density at radius 2 is 2.12 bits per heavy atom. The highest BCUT2D eigenvalue weighted by atomic mass is 79.9. The van der Waals surface area contributed by atoms with Crippen LogP contribution < -0.4 is 10.2 Å². The van der Waals surface area contributed by atoms with Crippen molar-refractivity contribution >= 4 is 33.6 Å². The van der Waals surface area contributed by atoms with Crippen molar-refractivity contribution in [3.63, 3.8) is 0 Å². The van der Waals surface area contributed by atoms with Crippen molar-refractivity contribution in [2.75, 3.05) is 11.4 Å². The molecular formula is C11H11BrN2O3. The SMILES string of the molecule is O=C(O)CC1CNC(=O)N1c1ccc(Br)cc1. The van der Waals surface area contributed by atoms with Crippen molar-refractivity contribution in [2.24, 2.45) is 0 Å². The lowest BCUT2D eigenvalue weighted by molar-refractivity contribution is -0.137. The summed E-state index contributed by atoms with van der Waals surface area (Å²) in [5.41, 5.74) is 0.703. The van der Waals surface area contributed by atoms with Gasteiger partial charge in [-0.3, -0.25) is 9.69 Å². The number of hydrogen-bond donors (Lipinski definition) is 2. The molecule has 0 bridgehead atoms. The minimum Gasteiger partial charge on any atom is -0.481 e. The van der Waals surface area contributed by atoms with Crippen LogP contribution in [0.5, 0.6) is 0 Å². The summed E-state index contributed by atoms with van der Waals surface area (Å²) in [6.45, 7) is 0.362. The fraction of sp³-hybridized carbons (Fsp3) is 0.273. The molecule has 6 heteroatoms. The largest absolute Gasteiger partial charge is 0.481 e. The first-order valence-corrected chi connectivity index (χ1v) is 5.91. The zero-order valence-electron chi connectivity index (χ0n) is 8.89. The van der Waals surface area contributed by atoms with Gasteiger partial charge in [-0.05, 0) is 24.3 Å². The molecule has 1 saturated heterocycles. The van der Waals surface area contributed by atoms with Gasteiger partial charge in [0.05, 0.1) is 12.5 Å². The number of aliphatic carboxylic acids is 1. The third-order valence-corrected chi connectivity index (χ3v) is 3.12. The van der Waals surface area contributed by atoms with Crippen molar-refractivity contribution in [3.05, 3.63) is 28.7 Å². The third kappa shape index (κ3) is 2.58. The highest BCUT2D eigenvalue weighted by molar-refractivity contribution is 9.10. The number of hydrogen-bond acceptors (Lipinski definition) is 2. The maximum Gasteiger partial charge on any atom is 0.322 e. The molecule has 1 atom stereocenters. The smallest absolute Gasteiger partial charge is 0.322 e. The number of urea groups is 1. The fourth-order valence-electron chi connectivity index (χ4n) is 1.84. The van der Waals surface area contributed by atoms with Crippen LogP contribution in [0.2, 0.25) is 0 Å². The van der Waals surface area contributed by atoms with Crippen molar-refractivity contribution in [2.45, 2.75) is 12.5 Å². The number of anilines is 1. The summed E-state index contributed by atoms with van der Waals surface area (Å²) >= 11 is 3.31. The van der Waals surface area contributed by atoms with Crippen LogP contribution >= 0.6 is 15.9 Å². The molecule has 0 spiro atoms. The van der Waals surface area contributed by atoms with Crippen LogP contribution in [0.3, 0.4) is 0 Å². The first kappa shape index (κ1) is 11.9. The van der Waals surface area contributed by atoms with Gasteiger partial charge in [-0.15, -0.1) is 0 Å². The molecule has 0 aliphatic carbocycles. The van der Waals surface area contributed by atoms with E-state index in [1.165, 1.54) is 4.90 Å². The molecule has 90 valence electrons. The van der Waals surface area contributed by atoms with Gasteiger partial charge in [0.25, 0.3) is 0 Å². The fourth-order valence-corrected chi connectivity index (χ4v) is 2.11. The van der Waals surface area contributed by atoms with Crippen LogP contribution in [0, 0.1) is 0 Å². The lowest BCUT2D eigenvalue weighted by Crippen LogP contribution is -2.35. The summed E-state index contributed by atoms with van der Waals surface area (Å²) in [6.07, 6.45) is -0.0607. The Hall–Kier alpha value is -1.56. The Kier molecular flexibility index (Phi) is 3.33. The highest BCUT2D eigenvalue weighted by Gasteiger charge is 2.33. The maximum atomic E-state index is 11.7. The molecule has 1 aromatic carbocycles. The normalized spacial score (nSPS) is 19.2. The lowest BCUT2D eigenvalue weighted by atomic mass is 10.2. The molecule has 1 unspecified atom stereocenters. The molecule has 0 radical (unpaired) electrons. The summed E-state index contributed by atoms with van der Waals surface area (Å²) < 4.78 is 0.913. The van der Waals surface area contributed by atoms with Crippen molar-refractivity contribution < 1.29 is 14.7 Å². The molecule has 2 rings (SSSR count). The van der Waals surface area contributed by atoms with Gasteiger partial charge in [0.15, 0.2) is 0 Å². The predicted octanol–water partition coefficient (Wildman–Crippen LogP) is 1.82. The Morgan fingerprint density at radius 3 is 2.71 bits per heavy atom. The molecular weight excluding hydrogens is 288 g/mol. The number of amides is 2. The second-order valence-electron chi connectivity index (χ2n) is 3.78. The standard InChI is InChI=1S/C11H11BrN2O3/c12-7-1-3-8(4-2-7)14-9(5-10(15)16)6-13-11(14)17/h1-4,9H,5-6H2,(H,13,17)(H,15,16). The Morgan fingerprint density at radius 1 is 1.47 bits per heavy atom. The average Bonchev–Trinajstić information content (AvgIpc) is 2.61. The Balaban J connectivity index is 2.24. The summed E-state index contributed by atoms with van der Waals surface area (Å²) in [7, 11) is 0. The Bertz CT molecular complexity index is 447. The molecule has 2 amide bonds. The van der Waals surface area contributed by atoms with Crippen molar-refractivity contribution in [1.82, 2.24) is 5.32 Å². The highest BCUT2D eigenvalue weighted by Crippen LogP contribution is 2.24. The number of nitrogens with zero attached hydrogens (tertiary/aromatic N) is 1. The number of rotatable bonds is 3. The van der Waals surface area contributed by atoms with E-state index in [1.807, 2.05) is 12.1 Å². The number of nitrogens with one attached hydrogen (secondary N) is 1. The summed E-state index contributed by atoms with van der Waals surface area (Å²) in [6, 6.07) is 6.62. The summed E-state index contributed by atoms with van der Waals surface area (Å²) in [5.74, 6) is -0.909. The quantitative estimate of drug-likeness (QED) is 0.894. The van der Waals surface area contributed by atoms with Crippen molar-refractivity contribution in [1.29, 1.82) is 0 Å². The predicted molar refractivity (Wildman–Crippen MR) is 66.1 cm³/mol. The van der Waals surface area contributed by atoms with E-state index in [-0.39, 0.29) is 18.5 Å². The molecule has 5 nitrogen and oxygen atoms in total. The molecule has 1 fully saturated rings. The number of carbonyl (C=O) groups excluding carboxylic acids is 1. The van der Waals surface area contributed by atoms with E-state index in [0.717, 1.165) is 4.47 Å². The monoisotopic (exact) mass is 298 g/mol. The molecule has 1 aliphatic rings. The number of benzene rings is 1. The third-order valence-electron chi connectivity index (χ3n) is 2.59. The van der Waals surface area contributed by atoms with Crippen LogP contribution in [0.15, 0.2) is 28.7 Å². The van der Waals surface area contributed by atoms with E-state index in [9.17, 15) is 9.59 Å². The van der Waals surface area contributed by atoms with Crippen LogP contribution in [0.1, 0.15) is 6.42 Å². The lowest BCUT2D eigenvalue weighted by Gasteiger charge is -2.21. The minimum atomic E-state index is -0.909. The van der Waals surface area contributed by atoms with Gasteiger partial charge >= 0.3 is 12.0 Å². The van der Waals surface area contributed by atoms with Gasteiger partial charge in [-0.2, -0.15) is 0 Å². The van der Waals surface area contributed by atoms with E-state index in [2.05, 4.69) is 21.2 Å². The molecule has 0 aromatic heterocycles. The zero-order valence-corrected chi connectivity index (χ0v) is 10.5. The van der Waals surface area contributed by atoms with Gasteiger partial charge in [0, 0.05) is 16.7 Å². The minimum absolute atomic E-state index is 0.0607. The van der Waals surface area contributed by atoms with Gasteiger partial charge in [-0.25, -0.2) is 4.79 Å². The van der Waals surface area contributed by atoms with E-state index in [4.69, 9.17) is 5.11 Å². The van der Waals surface area contributed by atoms with Gasteiger partial charge < -0.3 is 10.4 Å². The van der Waals surface area contributed by atoms with Gasteiger partial charge in [0.1, 0.15) is 0 Å². The first-order valence-electron chi connectivity index (χ1n) is 5.12. The van der Waals surface area contributed by atoms with Gasteiger partial charge in [0.2, 0.25) is 0 Å². The molecule has 1 aromatic rings. The second kappa shape index (κ2) is 4.75. The maximum absolute atomic E-state index is 11.7.